The third-order valence-electron chi connectivity index (χ3n) is 3.97. The molecule has 1 aromatic carbocycles. The maximum Gasteiger partial charge on any atom is 0.305 e. The molecule has 0 aliphatic rings. The number of benzene rings is 1. The maximum absolute atomic E-state index is 11.5. The van der Waals surface area contributed by atoms with Gasteiger partial charge in [-0.25, -0.2) is 0 Å². The number of pyridine rings is 1. The van der Waals surface area contributed by atoms with Crippen molar-refractivity contribution >= 4 is 17.7 Å². The number of aromatic nitrogens is 4. The second-order valence-corrected chi connectivity index (χ2v) is 6.99. The zero-order chi connectivity index (χ0) is 19.1. The molecule has 0 saturated carbocycles. The molecule has 0 unspecified atom stereocenters. The molecule has 0 aliphatic heterocycles. The van der Waals surface area contributed by atoms with Crippen LogP contribution >= 0.6 is 11.8 Å². The lowest BCUT2D eigenvalue weighted by Gasteiger charge is -2.12. The number of thioether (sulfide) groups is 1. The van der Waals surface area contributed by atoms with Crippen LogP contribution in [0.4, 0.5) is 0 Å². The van der Waals surface area contributed by atoms with E-state index in [9.17, 15) is 4.79 Å². The smallest absolute Gasteiger partial charge is 0.305 e. The summed E-state index contributed by atoms with van der Waals surface area (Å²) in [5, 5.41) is 9.60. The van der Waals surface area contributed by atoms with Gasteiger partial charge in [-0.3, -0.25) is 14.3 Å². The molecule has 3 aromatic rings. The van der Waals surface area contributed by atoms with E-state index in [0.717, 1.165) is 40.0 Å². The summed E-state index contributed by atoms with van der Waals surface area (Å²) in [6.45, 7) is 4.30. The van der Waals surface area contributed by atoms with Crippen LogP contribution in [0.1, 0.15) is 25.3 Å². The first-order chi connectivity index (χ1) is 13.2. The number of hydrogen-bond acceptors (Lipinski definition) is 6. The topological polar surface area (TPSA) is 69.9 Å². The van der Waals surface area contributed by atoms with E-state index in [-0.39, 0.29) is 5.97 Å². The normalized spacial score (nSPS) is 10.7. The van der Waals surface area contributed by atoms with Crippen LogP contribution in [0.25, 0.3) is 17.1 Å². The first kappa shape index (κ1) is 19.1. The largest absolute Gasteiger partial charge is 0.466 e. The average molecular weight is 382 g/mol. The van der Waals surface area contributed by atoms with E-state index < -0.39 is 0 Å². The van der Waals surface area contributed by atoms with Gasteiger partial charge in [0.05, 0.1) is 12.3 Å². The quantitative estimate of drug-likeness (QED) is 0.332. The Labute approximate surface area is 163 Å². The molecule has 0 aliphatic carbocycles. The Morgan fingerprint density at radius 1 is 1.19 bits per heavy atom. The average Bonchev–Trinajstić information content (AvgIpc) is 3.10. The molecule has 2 heterocycles. The minimum Gasteiger partial charge on any atom is -0.466 e. The van der Waals surface area contributed by atoms with Gasteiger partial charge < -0.3 is 4.74 Å². The number of ether oxygens (including phenoxy) is 1. The standard InChI is InChI=1S/C20H22N4O2S/c1-3-26-18(25)11-7-13-27-20-23-22-19(16-9-6-12-21-14-16)24(20)17-10-5-4-8-15(17)2/h4-6,8-10,12,14H,3,7,11,13H2,1-2H3. The highest BCUT2D eigenvalue weighted by Gasteiger charge is 2.17. The van der Waals surface area contributed by atoms with Crippen LogP contribution < -0.4 is 0 Å². The highest BCUT2D eigenvalue weighted by atomic mass is 32.2. The molecule has 7 heteroatoms. The predicted octanol–water partition coefficient (Wildman–Crippen LogP) is 4.07. The van der Waals surface area contributed by atoms with E-state index in [0.29, 0.717) is 13.0 Å². The SMILES string of the molecule is CCOC(=O)CCCSc1nnc(-c2cccnc2)n1-c1ccccc1C. The van der Waals surface area contributed by atoms with Crippen LogP contribution in [-0.2, 0) is 9.53 Å². The van der Waals surface area contributed by atoms with Gasteiger partial charge in [0.2, 0.25) is 0 Å². The van der Waals surface area contributed by atoms with E-state index in [1.165, 1.54) is 0 Å². The molecule has 0 N–H and O–H groups in total. The van der Waals surface area contributed by atoms with Gasteiger partial charge in [-0.1, -0.05) is 30.0 Å². The Bertz CT molecular complexity index is 896. The Balaban J connectivity index is 1.85. The second-order valence-electron chi connectivity index (χ2n) is 5.93. The molecule has 0 radical (unpaired) electrons. The maximum atomic E-state index is 11.5. The molecule has 0 saturated heterocycles. The van der Waals surface area contributed by atoms with Crippen molar-refractivity contribution in [2.24, 2.45) is 0 Å². The molecule has 27 heavy (non-hydrogen) atoms. The molecule has 0 bridgehead atoms. The summed E-state index contributed by atoms with van der Waals surface area (Å²) in [4.78, 5) is 15.7. The Morgan fingerprint density at radius 3 is 2.78 bits per heavy atom. The first-order valence-electron chi connectivity index (χ1n) is 8.91. The van der Waals surface area contributed by atoms with Gasteiger partial charge in [-0.2, -0.15) is 0 Å². The summed E-state index contributed by atoms with van der Waals surface area (Å²) in [5.74, 6) is 1.36. The summed E-state index contributed by atoms with van der Waals surface area (Å²) >= 11 is 1.59. The van der Waals surface area contributed by atoms with Crippen molar-refractivity contribution in [2.45, 2.75) is 31.8 Å². The second kappa shape index (κ2) is 9.32. The van der Waals surface area contributed by atoms with E-state index in [1.807, 2.05) is 31.2 Å². The fraction of sp³-hybridized carbons (Fsp3) is 0.300. The van der Waals surface area contributed by atoms with Crippen molar-refractivity contribution in [1.29, 1.82) is 0 Å². The fourth-order valence-electron chi connectivity index (χ4n) is 2.69. The van der Waals surface area contributed by atoms with Gasteiger partial charge in [0.15, 0.2) is 11.0 Å². The summed E-state index contributed by atoms with van der Waals surface area (Å²) in [5.41, 5.74) is 3.08. The van der Waals surface area contributed by atoms with Crippen molar-refractivity contribution in [3.63, 3.8) is 0 Å². The Hall–Kier alpha value is -2.67. The van der Waals surface area contributed by atoms with Crippen molar-refractivity contribution in [2.75, 3.05) is 12.4 Å². The number of esters is 1. The van der Waals surface area contributed by atoms with Gasteiger partial charge in [0.25, 0.3) is 0 Å². The van der Waals surface area contributed by atoms with Crippen LogP contribution in [0.3, 0.4) is 0 Å². The Morgan fingerprint density at radius 2 is 2.04 bits per heavy atom. The van der Waals surface area contributed by atoms with Gasteiger partial charge >= 0.3 is 5.97 Å². The molecule has 6 nitrogen and oxygen atoms in total. The highest BCUT2D eigenvalue weighted by molar-refractivity contribution is 7.99. The van der Waals surface area contributed by atoms with Crippen molar-refractivity contribution < 1.29 is 9.53 Å². The zero-order valence-electron chi connectivity index (χ0n) is 15.5. The van der Waals surface area contributed by atoms with E-state index in [1.54, 1.807) is 24.2 Å². The van der Waals surface area contributed by atoms with Crippen molar-refractivity contribution in [3.8, 4) is 17.1 Å². The van der Waals surface area contributed by atoms with Crippen LogP contribution in [0.2, 0.25) is 0 Å². The zero-order valence-corrected chi connectivity index (χ0v) is 16.3. The fourth-order valence-corrected chi connectivity index (χ4v) is 3.57. The van der Waals surface area contributed by atoms with Gasteiger partial charge in [0, 0.05) is 30.1 Å². The summed E-state index contributed by atoms with van der Waals surface area (Å²) in [7, 11) is 0. The lowest BCUT2D eigenvalue weighted by Crippen LogP contribution is -2.04. The lowest BCUT2D eigenvalue weighted by molar-refractivity contribution is -0.143. The van der Waals surface area contributed by atoms with Crippen LogP contribution in [0.5, 0.6) is 0 Å². The molecule has 0 amide bonds. The van der Waals surface area contributed by atoms with E-state index in [4.69, 9.17) is 4.74 Å². The third kappa shape index (κ3) is 4.74. The minimum atomic E-state index is -0.158. The van der Waals surface area contributed by atoms with Crippen LogP contribution in [0, 0.1) is 6.92 Å². The van der Waals surface area contributed by atoms with E-state index >= 15 is 0 Å². The predicted molar refractivity (Wildman–Crippen MR) is 106 cm³/mol. The monoisotopic (exact) mass is 382 g/mol. The van der Waals surface area contributed by atoms with Crippen LogP contribution in [-0.4, -0.2) is 38.1 Å². The molecule has 2 aromatic heterocycles. The number of nitrogens with zero attached hydrogens (tertiary/aromatic N) is 4. The van der Waals surface area contributed by atoms with Gasteiger partial charge in [-0.05, 0) is 44.0 Å². The summed E-state index contributed by atoms with van der Waals surface area (Å²) in [6, 6.07) is 12.0. The molecular weight excluding hydrogens is 360 g/mol. The number of para-hydroxylation sites is 1. The van der Waals surface area contributed by atoms with Crippen LogP contribution in [0.15, 0.2) is 53.9 Å². The highest BCUT2D eigenvalue weighted by Crippen LogP contribution is 2.29. The molecule has 0 atom stereocenters. The molecule has 0 fully saturated rings. The lowest BCUT2D eigenvalue weighted by atomic mass is 10.2. The number of hydrogen-bond donors (Lipinski definition) is 0. The number of aryl methyl sites for hydroxylation is 1. The number of rotatable bonds is 8. The summed E-state index contributed by atoms with van der Waals surface area (Å²) < 4.78 is 7.03. The number of carbonyl (C=O) groups is 1. The molecule has 140 valence electrons. The number of carbonyl (C=O) groups excluding carboxylic acids is 1. The minimum absolute atomic E-state index is 0.158. The summed E-state index contributed by atoms with van der Waals surface area (Å²) in [6.07, 6.45) is 4.66. The first-order valence-corrected chi connectivity index (χ1v) is 9.89. The third-order valence-corrected chi connectivity index (χ3v) is 4.99. The van der Waals surface area contributed by atoms with Crippen molar-refractivity contribution in [3.05, 3.63) is 54.4 Å². The van der Waals surface area contributed by atoms with Gasteiger partial charge in [-0.15, -0.1) is 10.2 Å². The Kier molecular flexibility index (Phi) is 6.59. The van der Waals surface area contributed by atoms with E-state index in [2.05, 4.69) is 38.8 Å². The molecule has 0 spiro atoms. The van der Waals surface area contributed by atoms with Crippen molar-refractivity contribution in [1.82, 2.24) is 19.7 Å². The van der Waals surface area contributed by atoms with Gasteiger partial charge in [0.1, 0.15) is 0 Å². The molecule has 3 rings (SSSR count). The molecular formula is C20H22N4O2S.